The Hall–Kier alpha value is -4.43. The number of fused-ring (bicyclic) bond motifs is 1. The number of methoxy groups -OCH3 is 1. The van der Waals surface area contributed by atoms with Crippen LogP contribution in [0.1, 0.15) is 44.9 Å². The van der Waals surface area contributed by atoms with E-state index in [0.717, 1.165) is 52.5 Å². The number of benzene rings is 3. The van der Waals surface area contributed by atoms with Crippen molar-refractivity contribution in [1.82, 2.24) is 9.88 Å². The molecule has 8 nitrogen and oxygen atoms in total. The summed E-state index contributed by atoms with van der Waals surface area (Å²) >= 11 is 0. The Morgan fingerprint density at radius 3 is 2.45 bits per heavy atom. The Morgan fingerprint density at radius 2 is 1.76 bits per heavy atom. The highest BCUT2D eigenvalue weighted by molar-refractivity contribution is 6.10. The van der Waals surface area contributed by atoms with E-state index in [1.165, 1.54) is 0 Å². The minimum atomic E-state index is -0.348. The van der Waals surface area contributed by atoms with Gasteiger partial charge in [0.05, 0.1) is 30.1 Å². The van der Waals surface area contributed by atoms with Gasteiger partial charge in [-0.1, -0.05) is 63.2 Å². The Balaban J connectivity index is 1.34. The summed E-state index contributed by atoms with van der Waals surface area (Å²) in [5, 5.41) is 7.93. The largest absolute Gasteiger partial charge is 0.495 e. The zero-order valence-electron chi connectivity index (χ0n) is 24.7. The smallest absolute Gasteiger partial charge is 0.323 e. The van der Waals surface area contributed by atoms with Crippen molar-refractivity contribution in [2.45, 2.75) is 45.6 Å². The van der Waals surface area contributed by atoms with Gasteiger partial charge in [0.25, 0.3) is 0 Å². The van der Waals surface area contributed by atoms with Crippen molar-refractivity contribution in [3.05, 3.63) is 84.2 Å². The summed E-state index contributed by atoms with van der Waals surface area (Å²) in [6.45, 7) is 8.70. The van der Waals surface area contributed by atoms with Gasteiger partial charge in [0.15, 0.2) is 0 Å². The molecule has 1 aliphatic rings. The van der Waals surface area contributed by atoms with E-state index in [1.807, 2.05) is 60.8 Å². The van der Waals surface area contributed by atoms with Crippen LogP contribution < -0.4 is 21.1 Å². The molecule has 4 aromatic rings. The molecule has 0 radical (unpaired) electrons. The minimum absolute atomic E-state index is 0.0696. The normalized spacial score (nSPS) is 15.8. The van der Waals surface area contributed by atoms with Crippen LogP contribution in [0.5, 0.6) is 5.75 Å². The Labute approximate surface area is 247 Å². The van der Waals surface area contributed by atoms with Crippen molar-refractivity contribution >= 4 is 34.1 Å². The highest BCUT2D eigenvalue weighted by Gasteiger charge is 2.24. The second-order valence-electron chi connectivity index (χ2n) is 12.0. The molecule has 1 atom stereocenters. The lowest BCUT2D eigenvalue weighted by atomic mass is 9.87. The number of amides is 3. The van der Waals surface area contributed by atoms with Gasteiger partial charge in [-0.3, -0.25) is 14.7 Å². The number of urea groups is 1. The zero-order chi connectivity index (χ0) is 29.9. The van der Waals surface area contributed by atoms with Crippen molar-refractivity contribution in [2.75, 3.05) is 30.8 Å². The average Bonchev–Trinajstić information content (AvgIpc) is 2.97. The second kappa shape index (κ2) is 12.2. The lowest BCUT2D eigenvalue weighted by Crippen LogP contribution is -2.40. The van der Waals surface area contributed by atoms with Crippen molar-refractivity contribution in [2.24, 2.45) is 11.7 Å². The van der Waals surface area contributed by atoms with Gasteiger partial charge >= 0.3 is 6.03 Å². The maximum Gasteiger partial charge on any atom is 0.323 e. The van der Waals surface area contributed by atoms with E-state index in [-0.39, 0.29) is 23.3 Å². The quantitative estimate of drug-likeness (QED) is 0.235. The molecule has 218 valence electrons. The Kier molecular flexibility index (Phi) is 8.45. The van der Waals surface area contributed by atoms with E-state index in [1.54, 1.807) is 7.11 Å². The van der Waals surface area contributed by atoms with Gasteiger partial charge in [-0.2, -0.15) is 0 Å². The molecule has 8 heteroatoms. The first-order valence-electron chi connectivity index (χ1n) is 14.4. The molecule has 0 bridgehead atoms. The van der Waals surface area contributed by atoms with Crippen LogP contribution in [-0.4, -0.2) is 42.0 Å². The SMILES string of the molecule is COc1ccc(C(C)(C)C)cc1NC(=O)Nc1ccc(-c2ccc(CN3CCCC(C(N)=O)C3)nc2)c2ccccc12. The highest BCUT2D eigenvalue weighted by atomic mass is 16.5. The number of hydrogen-bond donors (Lipinski definition) is 3. The molecule has 0 aliphatic carbocycles. The topological polar surface area (TPSA) is 110 Å². The maximum atomic E-state index is 13.2. The second-order valence-corrected chi connectivity index (χ2v) is 12.0. The summed E-state index contributed by atoms with van der Waals surface area (Å²) < 4.78 is 5.49. The number of nitrogens with two attached hydrogens (primary N) is 1. The predicted octanol–water partition coefficient (Wildman–Crippen LogP) is 6.55. The summed E-state index contributed by atoms with van der Waals surface area (Å²) in [6, 6.07) is 21.6. The third kappa shape index (κ3) is 6.55. The monoisotopic (exact) mass is 565 g/mol. The standard InChI is InChI=1S/C34H39N5O3/c1-34(2,3)24-12-16-31(42-4)30(18-24)38-33(41)37-29-15-14-26(27-9-5-6-10-28(27)29)22-11-13-25(36-19-22)21-39-17-7-8-23(20-39)32(35)40/h5-6,9-16,18-19,23H,7-8,17,20-21H2,1-4H3,(H2,35,40)(H2,37,38,41). The number of nitrogens with zero attached hydrogens (tertiary/aromatic N) is 2. The van der Waals surface area contributed by atoms with E-state index >= 15 is 0 Å². The van der Waals surface area contributed by atoms with Gasteiger partial charge in [0, 0.05) is 30.2 Å². The van der Waals surface area contributed by atoms with Crippen molar-refractivity contribution in [3.8, 4) is 16.9 Å². The van der Waals surface area contributed by atoms with Crippen LogP contribution in [0.2, 0.25) is 0 Å². The molecular formula is C34H39N5O3. The van der Waals surface area contributed by atoms with E-state index < -0.39 is 0 Å². The first-order chi connectivity index (χ1) is 20.1. The van der Waals surface area contributed by atoms with E-state index in [0.29, 0.717) is 30.2 Å². The molecule has 1 fully saturated rings. The average molecular weight is 566 g/mol. The number of ether oxygens (including phenoxy) is 1. The summed E-state index contributed by atoms with van der Waals surface area (Å²) in [5.41, 5.74) is 10.9. The van der Waals surface area contributed by atoms with Crippen LogP contribution in [-0.2, 0) is 16.8 Å². The van der Waals surface area contributed by atoms with Crippen LogP contribution in [0.3, 0.4) is 0 Å². The van der Waals surface area contributed by atoms with Gasteiger partial charge in [0.1, 0.15) is 5.75 Å². The third-order valence-corrected chi connectivity index (χ3v) is 7.92. The number of carbonyl (C=O) groups is 2. The number of rotatable bonds is 7. The van der Waals surface area contributed by atoms with Crippen LogP contribution in [0.4, 0.5) is 16.2 Å². The molecular weight excluding hydrogens is 526 g/mol. The fraction of sp³-hybridized carbons (Fsp3) is 0.324. The van der Waals surface area contributed by atoms with Crippen LogP contribution in [0, 0.1) is 5.92 Å². The number of aromatic nitrogens is 1. The number of nitrogens with one attached hydrogen (secondary N) is 2. The number of likely N-dealkylation sites (tertiary alicyclic amines) is 1. The van der Waals surface area contributed by atoms with Gasteiger partial charge in [-0.25, -0.2) is 4.79 Å². The number of piperidine rings is 1. The van der Waals surface area contributed by atoms with E-state index in [2.05, 4.69) is 48.4 Å². The van der Waals surface area contributed by atoms with E-state index in [4.69, 9.17) is 15.5 Å². The molecule has 3 amide bonds. The fourth-order valence-corrected chi connectivity index (χ4v) is 5.55. The lowest BCUT2D eigenvalue weighted by molar-refractivity contribution is -0.123. The van der Waals surface area contributed by atoms with Crippen molar-refractivity contribution in [3.63, 3.8) is 0 Å². The number of carbonyl (C=O) groups excluding carboxylic acids is 2. The molecule has 0 spiro atoms. The van der Waals surface area contributed by atoms with Gasteiger partial charge < -0.3 is 21.1 Å². The van der Waals surface area contributed by atoms with Gasteiger partial charge in [-0.05, 0) is 65.6 Å². The maximum absolute atomic E-state index is 13.2. The highest BCUT2D eigenvalue weighted by Crippen LogP contribution is 2.34. The minimum Gasteiger partial charge on any atom is -0.495 e. The molecule has 5 rings (SSSR count). The number of pyridine rings is 1. The molecule has 42 heavy (non-hydrogen) atoms. The number of anilines is 2. The molecule has 3 aromatic carbocycles. The molecule has 2 heterocycles. The molecule has 1 unspecified atom stereocenters. The third-order valence-electron chi connectivity index (χ3n) is 7.92. The van der Waals surface area contributed by atoms with Crippen LogP contribution >= 0.6 is 0 Å². The number of hydrogen-bond acceptors (Lipinski definition) is 5. The Bertz CT molecular complexity index is 1590. The fourth-order valence-electron chi connectivity index (χ4n) is 5.55. The Morgan fingerprint density at radius 1 is 1.00 bits per heavy atom. The first kappa shape index (κ1) is 29.1. The predicted molar refractivity (Wildman–Crippen MR) is 169 cm³/mol. The van der Waals surface area contributed by atoms with Crippen LogP contribution in [0.15, 0.2) is 72.9 Å². The van der Waals surface area contributed by atoms with Crippen molar-refractivity contribution in [1.29, 1.82) is 0 Å². The molecule has 1 aromatic heterocycles. The van der Waals surface area contributed by atoms with Crippen molar-refractivity contribution < 1.29 is 14.3 Å². The molecule has 1 saturated heterocycles. The first-order valence-corrected chi connectivity index (χ1v) is 14.4. The van der Waals surface area contributed by atoms with Gasteiger partial charge in [-0.15, -0.1) is 0 Å². The number of primary amides is 1. The molecule has 1 aliphatic heterocycles. The summed E-state index contributed by atoms with van der Waals surface area (Å²) in [7, 11) is 1.59. The summed E-state index contributed by atoms with van der Waals surface area (Å²) in [4.78, 5) is 31.8. The van der Waals surface area contributed by atoms with Crippen LogP contribution in [0.25, 0.3) is 21.9 Å². The summed E-state index contributed by atoms with van der Waals surface area (Å²) in [5.74, 6) is 0.288. The zero-order valence-corrected chi connectivity index (χ0v) is 24.7. The molecule has 4 N–H and O–H groups in total. The molecule has 0 saturated carbocycles. The summed E-state index contributed by atoms with van der Waals surface area (Å²) in [6.07, 6.45) is 3.71. The van der Waals surface area contributed by atoms with E-state index in [9.17, 15) is 9.59 Å². The van der Waals surface area contributed by atoms with Gasteiger partial charge in [0.2, 0.25) is 5.91 Å². The lowest BCUT2D eigenvalue weighted by Gasteiger charge is -2.30.